The van der Waals surface area contributed by atoms with E-state index < -0.39 is 5.82 Å². The molecular formula is C13H16FNO2. The molecule has 0 aliphatic carbocycles. The topological polar surface area (TPSA) is 42.2 Å². The van der Waals surface area contributed by atoms with Crippen molar-refractivity contribution in [1.82, 2.24) is 0 Å². The number of hydrogen-bond donors (Lipinski definition) is 0. The molecule has 3 nitrogen and oxygen atoms in total. The lowest BCUT2D eigenvalue weighted by molar-refractivity contribution is 0.0142. The molecule has 0 unspecified atom stereocenters. The second-order valence-electron chi connectivity index (χ2n) is 3.93. The van der Waals surface area contributed by atoms with E-state index in [1.54, 1.807) is 6.07 Å². The average Bonchev–Trinajstić information content (AvgIpc) is 2.27. The van der Waals surface area contributed by atoms with Gasteiger partial charge in [0.2, 0.25) is 0 Å². The van der Waals surface area contributed by atoms with Crippen LogP contribution in [-0.4, -0.2) is 19.3 Å². The van der Waals surface area contributed by atoms with Gasteiger partial charge in [0.15, 0.2) is 0 Å². The second-order valence-corrected chi connectivity index (χ2v) is 3.93. The predicted octanol–water partition coefficient (Wildman–Crippen LogP) is 2.64. The number of nitriles is 1. The molecule has 0 radical (unpaired) electrons. The van der Waals surface area contributed by atoms with Gasteiger partial charge >= 0.3 is 0 Å². The maximum atomic E-state index is 13.1. The van der Waals surface area contributed by atoms with E-state index in [4.69, 9.17) is 14.7 Å². The van der Waals surface area contributed by atoms with E-state index in [2.05, 4.69) is 0 Å². The maximum absolute atomic E-state index is 13.1. The first kappa shape index (κ1) is 13.6. The third-order valence-corrected chi connectivity index (χ3v) is 2.03. The molecule has 4 heteroatoms. The normalized spacial score (nSPS) is 10.5. The highest BCUT2D eigenvalue weighted by atomic mass is 19.1. The van der Waals surface area contributed by atoms with E-state index in [1.165, 1.54) is 12.1 Å². The summed E-state index contributed by atoms with van der Waals surface area (Å²) >= 11 is 0. The molecule has 1 aromatic rings. The van der Waals surface area contributed by atoms with Crippen LogP contribution >= 0.6 is 0 Å². The molecule has 0 heterocycles. The molecule has 0 atom stereocenters. The largest absolute Gasteiger partial charge is 0.376 e. The molecule has 0 spiro atoms. The van der Waals surface area contributed by atoms with Gasteiger partial charge in [0.05, 0.1) is 37.6 Å². The fourth-order valence-electron chi connectivity index (χ4n) is 1.33. The van der Waals surface area contributed by atoms with Crippen molar-refractivity contribution in [2.75, 3.05) is 13.2 Å². The van der Waals surface area contributed by atoms with Gasteiger partial charge in [0, 0.05) is 0 Å². The van der Waals surface area contributed by atoms with Gasteiger partial charge in [-0.3, -0.25) is 0 Å². The lowest BCUT2D eigenvalue weighted by Crippen LogP contribution is -2.09. The van der Waals surface area contributed by atoms with Crippen LogP contribution in [0.4, 0.5) is 4.39 Å². The summed E-state index contributed by atoms with van der Waals surface area (Å²) in [7, 11) is 0. The first-order valence-corrected chi connectivity index (χ1v) is 5.50. The number of benzene rings is 1. The number of ether oxygens (including phenoxy) is 2. The lowest BCUT2D eigenvalue weighted by atomic mass is 10.1. The van der Waals surface area contributed by atoms with Crippen LogP contribution in [0, 0.1) is 17.1 Å². The van der Waals surface area contributed by atoms with Crippen LogP contribution in [0.2, 0.25) is 0 Å². The van der Waals surface area contributed by atoms with Gasteiger partial charge in [-0.05, 0) is 37.6 Å². The molecule has 0 bridgehead atoms. The van der Waals surface area contributed by atoms with Gasteiger partial charge in [-0.1, -0.05) is 0 Å². The van der Waals surface area contributed by atoms with Crippen molar-refractivity contribution in [3.8, 4) is 6.07 Å². The molecule has 0 fully saturated rings. The third kappa shape index (κ3) is 5.43. The van der Waals surface area contributed by atoms with E-state index in [-0.39, 0.29) is 12.7 Å². The lowest BCUT2D eigenvalue weighted by Gasteiger charge is -2.08. The zero-order valence-corrected chi connectivity index (χ0v) is 10.1. The third-order valence-electron chi connectivity index (χ3n) is 2.03. The predicted molar refractivity (Wildman–Crippen MR) is 61.9 cm³/mol. The van der Waals surface area contributed by atoms with Crippen molar-refractivity contribution < 1.29 is 13.9 Å². The van der Waals surface area contributed by atoms with Crippen LogP contribution in [0.15, 0.2) is 18.2 Å². The summed E-state index contributed by atoms with van der Waals surface area (Å²) in [6, 6.07) is 6.09. The molecule has 92 valence electrons. The van der Waals surface area contributed by atoms with Gasteiger partial charge in [-0.15, -0.1) is 0 Å². The summed E-state index contributed by atoms with van der Waals surface area (Å²) in [5.41, 5.74) is 0.966. The zero-order chi connectivity index (χ0) is 12.7. The molecule has 1 aromatic carbocycles. The number of nitrogens with zero attached hydrogens (tertiary/aromatic N) is 1. The highest BCUT2D eigenvalue weighted by molar-refractivity contribution is 5.33. The summed E-state index contributed by atoms with van der Waals surface area (Å²) in [4.78, 5) is 0. The summed E-state index contributed by atoms with van der Waals surface area (Å²) < 4.78 is 23.7. The summed E-state index contributed by atoms with van der Waals surface area (Å²) in [6.07, 6.45) is 0.179. The monoisotopic (exact) mass is 237 g/mol. The molecule has 17 heavy (non-hydrogen) atoms. The maximum Gasteiger partial charge on any atom is 0.124 e. The van der Waals surface area contributed by atoms with E-state index in [0.29, 0.717) is 24.3 Å². The smallest absolute Gasteiger partial charge is 0.124 e. The molecule has 0 N–H and O–H groups in total. The first-order chi connectivity index (χ1) is 8.11. The molecule has 0 aliphatic rings. The van der Waals surface area contributed by atoms with Crippen molar-refractivity contribution in [2.45, 2.75) is 26.6 Å². The fourth-order valence-corrected chi connectivity index (χ4v) is 1.33. The quantitative estimate of drug-likeness (QED) is 0.714. The van der Waals surface area contributed by atoms with Crippen molar-refractivity contribution in [3.63, 3.8) is 0 Å². The van der Waals surface area contributed by atoms with Crippen LogP contribution < -0.4 is 0 Å². The Morgan fingerprint density at radius 2 is 2.06 bits per heavy atom. The van der Waals surface area contributed by atoms with Crippen LogP contribution in [0.3, 0.4) is 0 Å². The van der Waals surface area contributed by atoms with Crippen molar-refractivity contribution in [2.24, 2.45) is 0 Å². The Morgan fingerprint density at radius 1 is 1.29 bits per heavy atom. The number of hydrogen-bond acceptors (Lipinski definition) is 3. The summed E-state index contributed by atoms with van der Waals surface area (Å²) in [5, 5.41) is 8.68. The van der Waals surface area contributed by atoms with Gasteiger partial charge in [0.25, 0.3) is 0 Å². The van der Waals surface area contributed by atoms with Gasteiger partial charge in [0.1, 0.15) is 5.82 Å². The Morgan fingerprint density at radius 3 is 2.71 bits per heavy atom. The van der Waals surface area contributed by atoms with Crippen molar-refractivity contribution in [1.29, 1.82) is 5.26 Å². The standard InChI is InChI=1S/C13H16FNO2/c1-10(2)17-4-3-16-9-12-5-11(8-15)6-13(14)7-12/h5-7,10H,3-4,9H2,1-2H3. The minimum atomic E-state index is -0.416. The Balaban J connectivity index is 2.37. The van der Waals surface area contributed by atoms with Crippen LogP contribution in [-0.2, 0) is 16.1 Å². The van der Waals surface area contributed by atoms with Crippen LogP contribution in [0.1, 0.15) is 25.0 Å². The first-order valence-electron chi connectivity index (χ1n) is 5.50. The highest BCUT2D eigenvalue weighted by Crippen LogP contribution is 2.09. The Labute approximate surface area is 101 Å². The second kappa shape index (κ2) is 7.00. The van der Waals surface area contributed by atoms with Gasteiger partial charge < -0.3 is 9.47 Å². The minimum Gasteiger partial charge on any atom is -0.376 e. The Hall–Kier alpha value is -1.44. The SMILES string of the molecule is CC(C)OCCOCc1cc(F)cc(C#N)c1. The molecular weight excluding hydrogens is 221 g/mol. The van der Waals surface area contributed by atoms with E-state index in [1.807, 2.05) is 19.9 Å². The molecule has 0 amide bonds. The zero-order valence-electron chi connectivity index (χ0n) is 10.1. The van der Waals surface area contributed by atoms with E-state index >= 15 is 0 Å². The van der Waals surface area contributed by atoms with Crippen molar-refractivity contribution >= 4 is 0 Å². The van der Waals surface area contributed by atoms with E-state index in [0.717, 1.165) is 0 Å². The highest BCUT2D eigenvalue weighted by Gasteiger charge is 2.01. The summed E-state index contributed by atoms with van der Waals surface area (Å²) in [6.45, 7) is 5.15. The molecule has 0 aromatic heterocycles. The van der Waals surface area contributed by atoms with Crippen molar-refractivity contribution in [3.05, 3.63) is 35.1 Å². The Kier molecular flexibility index (Phi) is 5.61. The van der Waals surface area contributed by atoms with Gasteiger partial charge in [-0.2, -0.15) is 5.26 Å². The molecule has 1 rings (SSSR count). The average molecular weight is 237 g/mol. The Bertz CT molecular complexity index is 399. The molecule has 0 aliphatic heterocycles. The van der Waals surface area contributed by atoms with Crippen LogP contribution in [0.25, 0.3) is 0 Å². The van der Waals surface area contributed by atoms with Crippen LogP contribution in [0.5, 0.6) is 0 Å². The number of rotatable bonds is 6. The molecule has 0 saturated carbocycles. The summed E-state index contributed by atoms with van der Waals surface area (Å²) in [5.74, 6) is -0.416. The molecule has 0 saturated heterocycles. The number of halogens is 1. The minimum absolute atomic E-state index is 0.179. The van der Waals surface area contributed by atoms with Gasteiger partial charge in [-0.25, -0.2) is 4.39 Å². The van der Waals surface area contributed by atoms with E-state index in [9.17, 15) is 4.39 Å². The fraction of sp³-hybridized carbons (Fsp3) is 0.462.